The summed E-state index contributed by atoms with van der Waals surface area (Å²) in [6.45, 7) is 10.6. The van der Waals surface area contributed by atoms with E-state index in [9.17, 15) is 0 Å². The molecule has 1 fully saturated rings. The average Bonchev–Trinajstić information content (AvgIpc) is 2.24. The Hall–Kier alpha value is 0. The van der Waals surface area contributed by atoms with Gasteiger partial charge in [-0.3, -0.25) is 0 Å². The SMILES string of the molecule is C1CCCCC1.CC.CCC(C)C. The molecule has 1 rings (SSSR count). The Morgan fingerprint density at radius 3 is 1.00 bits per heavy atom. The monoisotopic (exact) mass is 186 g/mol. The van der Waals surface area contributed by atoms with Crippen LogP contribution in [0.15, 0.2) is 0 Å². The summed E-state index contributed by atoms with van der Waals surface area (Å²) in [7, 11) is 0. The Morgan fingerprint density at radius 2 is 0.923 bits per heavy atom. The van der Waals surface area contributed by atoms with Crippen LogP contribution >= 0.6 is 0 Å². The van der Waals surface area contributed by atoms with E-state index in [0.29, 0.717) is 0 Å². The fraction of sp³-hybridized carbons (Fsp3) is 1.00. The lowest BCUT2D eigenvalue weighted by molar-refractivity contribution is 0.504. The molecule has 0 amide bonds. The predicted octanol–water partition coefficient (Wildman–Crippen LogP) is 5.42. The van der Waals surface area contributed by atoms with Gasteiger partial charge in [0.2, 0.25) is 0 Å². The van der Waals surface area contributed by atoms with E-state index in [1.807, 2.05) is 13.8 Å². The molecule has 0 nitrogen and oxygen atoms in total. The minimum absolute atomic E-state index is 0.884. The van der Waals surface area contributed by atoms with Crippen LogP contribution in [0.3, 0.4) is 0 Å². The van der Waals surface area contributed by atoms with Crippen molar-refractivity contribution in [2.45, 2.75) is 79.6 Å². The van der Waals surface area contributed by atoms with Gasteiger partial charge in [0.1, 0.15) is 0 Å². The molecule has 1 saturated carbocycles. The van der Waals surface area contributed by atoms with Crippen molar-refractivity contribution in [3.05, 3.63) is 0 Å². The molecule has 0 N–H and O–H groups in total. The molecule has 1 aliphatic rings. The van der Waals surface area contributed by atoms with Crippen LogP contribution in [0.1, 0.15) is 79.6 Å². The van der Waals surface area contributed by atoms with Crippen LogP contribution in [0.25, 0.3) is 0 Å². The van der Waals surface area contributed by atoms with Crippen LogP contribution < -0.4 is 0 Å². The van der Waals surface area contributed by atoms with Crippen molar-refractivity contribution >= 4 is 0 Å². The number of rotatable bonds is 1. The van der Waals surface area contributed by atoms with E-state index in [-0.39, 0.29) is 0 Å². The fourth-order valence-electron chi connectivity index (χ4n) is 1.06. The van der Waals surface area contributed by atoms with E-state index >= 15 is 0 Å². The Morgan fingerprint density at radius 1 is 0.769 bits per heavy atom. The van der Waals surface area contributed by atoms with E-state index in [1.165, 1.54) is 44.9 Å². The van der Waals surface area contributed by atoms with Gasteiger partial charge in [-0.2, -0.15) is 0 Å². The van der Waals surface area contributed by atoms with Crippen LogP contribution in [0.5, 0.6) is 0 Å². The van der Waals surface area contributed by atoms with Crippen molar-refractivity contribution in [2.75, 3.05) is 0 Å². The van der Waals surface area contributed by atoms with Crippen LogP contribution in [0, 0.1) is 5.92 Å². The summed E-state index contributed by atoms with van der Waals surface area (Å²) in [5.41, 5.74) is 0. The highest BCUT2D eigenvalue weighted by atomic mass is 14.0. The maximum atomic E-state index is 2.22. The molecule has 1 aliphatic carbocycles. The average molecular weight is 186 g/mol. The molecule has 0 unspecified atom stereocenters. The van der Waals surface area contributed by atoms with Crippen molar-refractivity contribution in [3.8, 4) is 0 Å². The third-order valence-corrected chi connectivity index (χ3v) is 2.32. The lowest BCUT2D eigenvalue weighted by Gasteiger charge is -2.05. The van der Waals surface area contributed by atoms with Gasteiger partial charge >= 0.3 is 0 Å². The Labute approximate surface area is 86.1 Å². The molecule has 82 valence electrons. The van der Waals surface area contributed by atoms with Gasteiger partial charge in [0.15, 0.2) is 0 Å². The summed E-state index contributed by atoms with van der Waals surface area (Å²) in [6.07, 6.45) is 10.3. The molecular weight excluding hydrogens is 156 g/mol. The van der Waals surface area contributed by atoms with E-state index in [2.05, 4.69) is 20.8 Å². The van der Waals surface area contributed by atoms with Gasteiger partial charge in [-0.1, -0.05) is 79.6 Å². The lowest BCUT2D eigenvalue weighted by Crippen LogP contribution is -1.85. The van der Waals surface area contributed by atoms with Gasteiger partial charge in [-0.05, 0) is 5.92 Å². The summed E-state index contributed by atoms with van der Waals surface area (Å²) in [5.74, 6) is 0.884. The molecule has 0 heteroatoms. The molecule has 0 bridgehead atoms. The Balaban J connectivity index is 0. The van der Waals surface area contributed by atoms with Crippen molar-refractivity contribution < 1.29 is 0 Å². The molecule has 0 atom stereocenters. The molecule has 0 heterocycles. The number of hydrogen-bond acceptors (Lipinski definition) is 0. The van der Waals surface area contributed by atoms with Gasteiger partial charge in [0.25, 0.3) is 0 Å². The third kappa shape index (κ3) is 18.8. The fourth-order valence-corrected chi connectivity index (χ4v) is 1.06. The zero-order valence-electron chi connectivity index (χ0n) is 10.5. The highest BCUT2D eigenvalue weighted by Crippen LogP contribution is 2.15. The standard InChI is InChI=1S/C6H12.C5H12.C2H6/c1-2-4-6-5-3-1;1-4-5(2)3;1-2/h1-6H2;5H,4H2,1-3H3;1-2H3. The second-order valence-corrected chi connectivity index (χ2v) is 3.92. The molecular formula is C13H30. The minimum Gasteiger partial charge on any atom is -0.0683 e. The Kier molecular flexibility index (Phi) is 17.3. The van der Waals surface area contributed by atoms with E-state index in [4.69, 9.17) is 0 Å². The summed E-state index contributed by atoms with van der Waals surface area (Å²) >= 11 is 0. The van der Waals surface area contributed by atoms with Gasteiger partial charge in [-0.25, -0.2) is 0 Å². The summed E-state index contributed by atoms with van der Waals surface area (Å²) in [5, 5.41) is 0. The second kappa shape index (κ2) is 14.5. The predicted molar refractivity (Wildman–Crippen MR) is 64.2 cm³/mol. The normalized spacial score (nSPS) is 15.2. The summed E-state index contributed by atoms with van der Waals surface area (Å²) in [6, 6.07) is 0. The molecule has 0 spiro atoms. The molecule has 0 aromatic heterocycles. The molecule has 0 saturated heterocycles. The molecule has 13 heavy (non-hydrogen) atoms. The maximum absolute atomic E-state index is 2.22. The first-order valence-corrected chi connectivity index (χ1v) is 6.27. The van der Waals surface area contributed by atoms with Gasteiger partial charge in [0.05, 0.1) is 0 Å². The molecule has 0 aliphatic heterocycles. The summed E-state index contributed by atoms with van der Waals surface area (Å²) < 4.78 is 0. The first-order valence-electron chi connectivity index (χ1n) is 6.27. The maximum Gasteiger partial charge on any atom is -0.0474 e. The van der Waals surface area contributed by atoms with E-state index < -0.39 is 0 Å². The zero-order chi connectivity index (χ0) is 10.5. The second-order valence-electron chi connectivity index (χ2n) is 3.92. The topological polar surface area (TPSA) is 0 Å². The third-order valence-electron chi connectivity index (χ3n) is 2.32. The van der Waals surface area contributed by atoms with Crippen LogP contribution in [-0.4, -0.2) is 0 Å². The van der Waals surface area contributed by atoms with Crippen LogP contribution in [-0.2, 0) is 0 Å². The van der Waals surface area contributed by atoms with Gasteiger partial charge < -0.3 is 0 Å². The van der Waals surface area contributed by atoms with E-state index in [0.717, 1.165) is 5.92 Å². The molecule has 0 aromatic rings. The smallest absolute Gasteiger partial charge is 0.0474 e. The largest absolute Gasteiger partial charge is 0.0683 e. The Bertz CT molecular complexity index is 48.9. The quantitative estimate of drug-likeness (QED) is 0.513. The summed E-state index contributed by atoms with van der Waals surface area (Å²) in [4.78, 5) is 0. The van der Waals surface area contributed by atoms with Crippen LogP contribution in [0.2, 0.25) is 0 Å². The van der Waals surface area contributed by atoms with Crippen molar-refractivity contribution in [1.82, 2.24) is 0 Å². The first-order chi connectivity index (χ1) is 6.27. The van der Waals surface area contributed by atoms with Crippen molar-refractivity contribution in [1.29, 1.82) is 0 Å². The molecule has 0 radical (unpaired) electrons. The van der Waals surface area contributed by atoms with Crippen molar-refractivity contribution in [2.24, 2.45) is 5.92 Å². The first kappa shape index (κ1) is 15.5. The number of hydrogen-bond donors (Lipinski definition) is 0. The van der Waals surface area contributed by atoms with Crippen LogP contribution in [0.4, 0.5) is 0 Å². The zero-order valence-corrected chi connectivity index (χ0v) is 10.5. The highest BCUT2D eigenvalue weighted by molar-refractivity contribution is 4.51. The van der Waals surface area contributed by atoms with Crippen molar-refractivity contribution in [3.63, 3.8) is 0 Å². The van der Waals surface area contributed by atoms with Gasteiger partial charge in [-0.15, -0.1) is 0 Å². The minimum atomic E-state index is 0.884. The van der Waals surface area contributed by atoms with Gasteiger partial charge in [0, 0.05) is 0 Å². The lowest BCUT2D eigenvalue weighted by atomic mass is 10.0. The molecule has 0 aromatic carbocycles. The van der Waals surface area contributed by atoms with E-state index in [1.54, 1.807) is 0 Å². The highest BCUT2D eigenvalue weighted by Gasteiger charge is 1.95.